The lowest BCUT2D eigenvalue weighted by Crippen LogP contribution is -2.40. The molecule has 0 radical (unpaired) electrons. The molecule has 0 heterocycles. The van der Waals surface area contributed by atoms with E-state index < -0.39 is 0 Å². The maximum Gasteiger partial charge on any atom is 0.251 e. The second-order valence-corrected chi connectivity index (χ2v) is 6.55. The topological polar surface area (TPSA) is 49.3 Å². The quantitative estimate of drug-likeness (QED) is 0.888. The predicted octanol–water partition coefficient (Wildman–Crippen LogP) is 3.26. The summed E-state index contributed by atoms with van der Waals surface area (Å²) in [5, 5.41) is 12.8. The van der Waals surface area contributed by atoms with Crippen molar-refractivity contribution in [2.45, 2.75) is 45.6 Å². The van der Waals surface area contributed by atoms with Gasteiger partial charge >= 0.3 is 0 Å². The summed E-state index contributed by atoms with van der Waals surface area (Å²) in [4.78, 5) is 12.4. The molecule has 0 spiro atoms. The van der Waals surface area contributed by atoms with Crippen molar-refractivity contribution < 1.29 is 9.90 Å². The first kappa shape index (κ1) is 13.5. The number of phenolic OH excluding ortho intramolecular Hbond substituents is 1. The number of hydrogen-bond donors (Lipinski definition) is 2. The third-order valence-corrected chi connectivity index (χ3v) is 5.34. The van der Waals surface area contributed by atoms with Crippen molar-refractivity contribution in [3.8, 4) is 5.75 Å². The van der Waals surface area contributed by atoms with Gasteiger partial charge in [-0.15, -0.1) is 0 Å². The van der Waals surface area contributed by atoms with E-state index in [1.54, 1.807) is 25.1 Å². The number of aromatic hydroxyl groups is 1. The molecule has 2 bridgehead atoms. The summed E-state index contributed by atoms with van der Waals surface area (Å²) < 4.78 is 0. The first-order valence-corrected chi connectivity index (χ1v) is 7.65. The molecule has 4 unspecified atom stereocenters. The van der Waals surface area contributed by atoms with Crippen LogP contribution in [-0.4, -0.2) is 17.1 Å². The van der Waals surface area contributed by atoms with Gasteiger partial charge in [0.1, 0.15) is 5.75 Å². The molecule has 2 fully saturated rings. The SMILES string of the molecule is Cc1c(O)cccc1C(=O)NC(C)C1CC2CCC1C2. The average molecular weight is 273 g/mol. The Morgan fingerprint density at radius 1 is 1.35 bits per heavy atom. The van der Waals surface area contributed by atoms with E-state index in [0.29, 0.717) is 17.0 Å². The molecule has 108 valence electrons. The summed E-state index contributed by atoms with van der Waals surface area (Å²) >= 11 is 0. The van der Waals surface area contributed by atoms with Gasteiger partial charge in [0.15, 0.2) is 0 Å². The van der Waals surface area contributed by atoms with Crippen LogP contribution < -0.4 is 5.32 Å². The smallest absolute Gasteiger partial charge is 0.251 e. The largest absolute Gasteiger partial charge is 0.508 e. The molecule has 0 aliphatic heterocycles. The minimum Gasteiger partial charge on any atom is -0.508 e. The Balaban J connectivity index is 1.68. The molecule has 1 amide bonds. The van der Waals surface area contributed by atoms with E-state index in [4.69, 9.17) is 0 Å². The fraction of sp³-hybridized carbons (Fsp3) is 0.588. The summed E-state index contributed by atoms with van der Waals surface area (Å²) in [5.41, 5.74) is 1.24. The van der Waals surface area contributed by atoms with Crippen LogP contribution in [0.2, 0.25) is 0 Å². The van der Waals surface area contributed by atoms with Gasteiger partial charge in [-0.1, -0.05) is 12.5 Å². The van der Waals surface area contributed by atoms with E-state index in [1.165, 1.54) is 25.7 Å². The number of rotatable bonds is 3. The van der Waals surface area contributed by atoms with Crippen molar-refractivity contribution in [3.63, 3.8) is 0 Å². The van der Waals surface area contributed by atoms with Crippen LogP contribution in [0.1, 0.15) is 48.5 Å². The third-order valence-electron chi connectivity index (χ3n) is 5.34. The number of carbonyl (C=O) groups is 1. The summed E-state index contributed by atoms with van der Waals surface area (Å²) in [5.74, 6) is 2.46. The number of nitrogens with one attached hydrogen (secondary N) is 1. The molecule has 1 aromatic carbocycles. The van der Waals surface area contributed by atoms with Gasteiger partial charge in [0.25, 0.3) is 5.91 Å². The zero-order valence-electron chi connectivity index (χ0n) is 12.2. The molecule has 0 saturated heterocycles. The van der Waals surface area contributed by atoms with Crippen LogP contribution in [0.5, 0.6) is 5.75 Å². The predicted molar refractivity (Wildman–Crippen MR) is 78.7 cm³/mol. The summed E-state index contributed by atoms with van der Waals surface area (Å²) in [6.07, 6.45) is 5.34. The highest BCUT2D eigenvalue weighted by atomic mass is 16.3. The first-order valence-electron chi connectivity index (χ1n) is 7.65. The second-order valence-electron chi connectivity index (χ2n) is 6.55. The van der Waals surface area contributed by atoms with Crippen molar-refractivity contribution in [1.82, 2.24) is 5.32 Å². The maximum atomic E-state index is 12.4. The van der Waals surface area contributed by atoms with Gasteiger partial charge in [-0.2, -0.15) is 0 Å². The van der Waals surface area contributed by atoms with Gasteiger partial charge in [-0.05, 0) is 63.0 Å². The van der Waals surface area contributed by atoms with Crippen LogP contribution >= 0.6 is 0 Å². The normalized spacial score (nSPS) is 29.4. The van der Waals surface area contributed by atoms with Gasteiger partial charge in [0, 0.05) is 17.2 Å². The minimum absolute atomic E-state index is 0.0614. The van der Waals surface area contributed by atoms with E-state index in [0.717, 1.165) is 11.8 Å². The van der Waals surface area contributed by atoms with E-state index in [2.05, 4.69) is 12.2 Å². The fourth-order valence-corrected chi connectivity index (χ4v) is 4.17. The number of amides is 1. The summed E-state index contributed by atoms with van der Waals surface area (Å²) in [6.45, 7) is 3.91. The summed E-state index contributed by atoms with van der Waals surface area (Å²) in [7, 11) is 0. The molecule has 3 rings (SSSR count). The van der Waals surface area contributed by atoms with Crippen LogP contribution in [0.3, 0.4) is 0 Å². The Kier molecular flexibility index (Phi) is 3.45. The van der Waals surface area contributed by atoms with Crippen molar-refractivity contribution in [3.05, 3.63) is 29.3 Å². The highest BCUT2D eigenvalue weighted by molar-refractivity contribution is 5.96. The number of fused-ring (bicyclic) bond motifs is 2. The van der Waals surface area contributed by atoms with E-state index in [1.807, 2.05) is 0 Å². The second kappa shape index (κ2) is 5.12. The van der Waals surface area contributed by atoms with Gasteiger partial charge in [0.2, 0.25) is 0 Å². The lowest BCUT2D eigenvalue weighted by Gasteiger charge is -2.28. The van der Waals surface area contributed by atoms with Crippen molar-refractivity contribution >= 4 is 5.91 Å². The van der Waals surface area contributed by atoms with Crippen LogP contribution in [0.4, 0.5) is 0 Å². The molecule has 2 saturated carbocycles. The molecular formula is C17H23NO2. The molecular weight excluding hydrogens is 250 g/mol. The van der Waals surface area contributed by atoms with Crippen molar-refractivity contribution in [1.29, 1.82) is 0 Å². The Bertz CT molecular complexity index is 526. The highest BCUT2D eigenvalue weighted by Gasteiger charge is 2.42. The fourth-order valence-electron chi connectivity index (χ4n) is 4.17. The molecule has 3 nitrogen and oxygen atoms in total. The Morgan fingerprint density at radius 3 is 2.80 bits per heavy atom. The minimum atomic E-state index is -0.0614. The molecule has 3 heteroatoms. The van der Waals surface area contributed by atoms with Gasteiger partial charge in [0.05, 0.1) is 0 Å². The zero-order chi connectivity index (χ0) is 14.3. The molecule has 0 aromatic heterocycles. The van der Waals surface area contributed by atoms with Crippen LogP contribution in [0.15, 0.2) is 18.2 Å². The van der Waals surface area contributed by atoms with Crippen molar-refractivity contribution in [2.75, 3.05) is 0 Å². The van der Waals surface area contributed by atoms with Gasteiger partial charge in [-0.3, -0.25) is 4.79 Å². The molecule has 2 aliphatic rings. The standard InChI is InChI=1S/C17H23NO2/c1-10-14(4-3-5-16(10)19)17(20)18-11(2)15-9-12-6-7-13(15)8-12/h3-5,11-13,15,19H,6-9H2,1-2H3,(H,18,20). The maximum absolute atomic E-state index is 12.4. The molecule has 2 aliphatic carbocycles. The number of phenols is 1. The molecule has 20 heavy (non-hydrogen) atoms. The molecule has 4 atom stereocenters. The molecule has 2 N–H and O–H groups in total. The van der Waals surface area contributed by atoms with Crippen LogP contribution in [0, 0.1) is 24.7 Å². The lowest BCUT2D eigenvalue weighted by atomic mass is 9.84. The van der Waals surface area contributed by atoms with Crippen molar-refractivity contribution in [2.24, 2.45) is 17.8 Å². The van der Waals surface area contributed by atoms with Gasteiger partial charge in [-0.25, -0.2) is 0 Å². The van der Waals surface area contributed by atoms with Crippen LogP contribution in [0.25, 0.3) is 0 Å². The average Bonchev–Trinajstić information content (AvgIpc) is 3.04. The highest BCUT2D eigenvalue weighted by Crippen LogP contribution is 2.49. The van der Waals surface area contributed by atoms with E-state index in [9.17, 15) is 9.90 Å². The Morgan fingerprint density at radius 2 is 2.15 bits per heavy atom. The number of benzene rings is 1. The Hall–Kier alpha value is -1.51. The van der Waals surface area contributed by atoms with E-state index >= 15 is 0 Å². The zero-order valence-corrected chi connectivity index (χ0v) is 12.2. The number of carbonyl (C=O) groups excluding carboxylic acids is 1. The lowest BCUT2D eigenvalue weighted by molar-refractivity contribution is 0.0914. The van der Waals surface area contributed by atoms with Crippen LogP contribution in [-0.2, 0) is 0 Å². The monoisotopic (exact) mass is 273 g/mol. The Labute approximate surface area is 120 Å². The summed E-state index contributed by atoms with van der Waals surface area (Å²) in [6, 6.07) is 5.34. The molecule has 1 aromatic rings. The van der Waals surface area contributed by atoms with Gasteiger partial charge < -0.3 is 10.4 Å². The third kappa shape index (κ3) is 2.30. The number of hydrogen-bond acceptors (Lipinski definition) is 2. The van der Waals surface area contributed by atoms with E-state index in [-0.39, 0.29) is 17.7 Å². The first-order chi connectivity index (χ1) is 9.56.